The van der Waals surface area contributed by atoms with Crippen LogP contribution < -0.4 is 0 Å². The van der Waals surface area contributed by atoms with E-state index >= 15 is 0 Å². The molecular formula is C31H50. The van der Waals surface area contributed by atoms with Gasteiger partial charge in [-0.2, -0.15) is 0 Å². The van der Waals surface area contributed by atoms with Crippen LogP contribution in [0.1, 0.15) is 125 Å². The minimum atomic E-state index is 0.591. The van der Waals surface area contributed by atoms with Crippen molar-refractivity contribution in [1.82, 2.24) is 0 Å². The van der Waals surface area contributed by atoms with E-state index in [0.717, 1.165) is 40.4 Å². The predicted molar refractivity (Wildman–Crippen MR) is 132 cm³/mol. The summed E-state index contributed by atoms with van der Waals surface area (Å²) >= 11 is 0. The summed E-state index contributed by atoms with van der Waals surface area (Å²) in [6.45, 7) is 17.1. The molecule has 0 nitrogen and oxygen atoms in total. The molecule has 6 aliphatic rings. The fraction of sp³-hybridized carbons (Fsp3) is 0.935. The molecule has 6 aliphatic carbocycles. The van der Waals surface area contributed by atoms with Crippen molar-refractivity contribution < 1.29 is 0 Å². The van der Waals surface area contributed by atoms with Gasteiger partial charge in [-0.1, -0.05) is 39.7 Å². The Hall–Kier alpha value is -0.260. The molecule has 0 saturated heterocycles. The molecule has 6 rings (SSSR count). The molecule has 0 bridgehead atoms. The lowest BCUT2D eigenvalue weighted by atomic mass is 9.46. The number of rotatable bonds is 3. The van der Waals surface area contributed by atoms with Crippen LogP contribution in [0.2, 0.25) is 0 Å². The van der Waals surface area contributed by atoms with Crippen LogP contribution in [-0.2, 0) is 0 Å². The number of hydrogen-bond acceptors (Lipinski definition) is 0. The lowest BCUT2D eigenvalue weighted by molar-refractivity contribution is -0.0951. The van der Waals surface area contributed by atoms with E-state index in [1.807, 2.05) is 0 Å². The van der Waals surface area contributed by atoms with E-state index in [0.29, 0.717) is 16.2 Å². The topological polar surface area (TPSA) is 0 Å². The number of hydrogen-bond donors (Lipinski definition) is 0. The highest BCUT2D eigenvalue weighted by Gasteiger charge is 2.79. The largest absolute Gasteiger partial charge is 0.100 e. The molecule has 0 radical (unpaired) electrons. The summed E-state index contributed by atoms with van der Waals surface area (Å²) in [4.78, 5) is 0. The van der Waals surface area contributed by atoms with E-state index < -0.39 is 0 Å². The molecule has 0 aromatic rings. The van der Waals surface area contributed by atoms with Crippen LogP contribution in [0.5, 0.6) is 0 Å². The molecule has 31 heavy (non-hydrogen) atoms. The lowest BCUT2D eigenvalue weighted by Crippen LogP contribution is -2.51. The van der Waals surface area contributed by atoms with Gasteiger partial charge >= 0.3 is 0 Å². The minimum Gasteiger partial charge on any atom is -0.100 e. The molecule has 0 heterocycles. The Labute approximate surface area is 193 Å². The third-order valence-electron chi connectivity index (χ3n) is 13.4. The third kappa shape index (κ3) is 2.72. The van der Waals surface area contributed by atoms with E-state index in [2.05, 4.69) is 41.2 Å². The number of allylic oxidation sites excluding steroid dienone is 1. The van der Waals surface area contributed by atoms with Gasteiger partial charge in [0.05, 0.1) is 0 Å². The van der Waals surface area contributed by atoms with Crippen molar-refractivity contribution in [3.63, 3.8) is 0 Å². The monoisotopic (exact) mass is 422 g/mol. The van der Waals surface area contributed by atoms with Crippen LogP contribution >= 0.6 is 0 Å². The van der Waals surface area contributed by atoms with Crippen molar-refractivity contribution >= 4 is 0 Å². The van der Waals surface area contributed by atoms with Gasteiger partial charge in [-0.25, -0.2) is 0 Å². The van der Waals surface area contributed by atoms with E-state index in [1.54, 1.807) is 44.9 Å². The van der Waals surface area contributed by atoms with Gasteiger partial charge in [0.1, 0.15) is 0 Å². The van der Waals surface area contributed by atoms with Gasteiger partial charge in [0, 0.05) is 0 Å². The highest BCUT2D eigenvalue weighted by atomic mass is 14.8. The van der Waals surface area contributed by atoms with Gasteiger partial charge < -0.3 is 0 Å². The molecule has 0 heteroatoms. The Kier molecular flexibility index (Phi) is 4.42. The lowest BCUT2D eigenvalue weighted by Gasteiger charge is -2.58. The summed E-state index contributed by atoms with van der Waals surface area (Å²) in [5.74, 6) is 5.27. The highest BCUT2D eigenvalue weighted by Crippen LogP contribution is 2.87. The zero-order chi connectivity index (χ0) is 21.9. The minimum absolute atomic E-state index is 0.591. The van der Waals surface area contributed by atoms with Crippen LogP contribution in [0, 0.1) is 56.7 Å². The standard InChI is InChI=1S/C31H50/c1-21(2)10-14-28(5)15-11-23-22(19-28)18-25-24-8-9-26-27(3,4)12-7-13-31(26)20-30(24,31)17-16-29(23,25)6/h22-26H,1,7-20H2,2-6H3. The molecule has 6 saturated carbocycles. The van der Waals surface area contributed by atoms with Gasteiger partial charge in [-0.15, -0.1) is 6.58 Å². The zero-order valence-corrected chi connectivity index (χ0v) is 21.5. The molecule has 6 fully saturated rings. The van der Waals surface area contributed by atoms with E-state index in [1.165, 1.54) is 50.5 Å². The first-order valence-electron chi connectivity index (χ1n) is 14.2. The van der Waals surface area contributed by atoms with Crippen molar-refractivity contribution in [2.24, 2.45) is 56.7 Å². The van der Waals surface area contributed by atoms with Crippen molar-refractivity contribution in [2.75, 3.05) is 0 Å². The van der Waals surface area contributed by atoms with E-state index in [4.69, 9.17) is 0 Å². The summed E-state index contributed by atoms with van der Waals surface area (Å²) in [7, 11) is 0. The second-order valence-electron chi connectivity index (χ2n) is 15.3. The first kappa shape index (κ1) is 21.3. The molecule has 2 spiro atoms. The maximum atomic E-state index is 4.21. The average molecular weight is 423 g/mol. The van der Waals surface area contributed by atoms with Gasteiger partial charge in [0.2, 0.25) is 0 Å². The molecule has 0 aromatic carbocycles. The van der Waals surface area contributed by atoms with Crippen LogP contribution in [0.3, 0.4) is 0 Å². The Morgan fingerprint density at radius 3 is 2.42 bits per heavy atom. The van der Waals surface area contributed by atoms with Gasteiger partial charge in [0.25, 0.3) is 0 Å². The molecule has 174 valence electrons. The fourth-order valence-electron chi connectivity index (χ4n) is 12.0. The molecule has 9 unspecified atom stereocenters. The summed E-state index contributed by atoms with van der Waals surface area (Å²) in [5.41, 5.74) is 4.84. The second kappa shape index (κ2) is 6.44. The Bertz CT molecular complexity index is 775. The van der Waals surface area contributed by atoms with Crippen molar-refractivity contribution in [1.29, 1.82) is 0 Å². The van der Waals surface area contributed by atoms with Crippen molar-refractivity contribution in [3.8, 4) is 0 Å². The zero-order valence-electron chi connectivity index (χ0n) is 21.5. The average Bonchev–Trinajstić information content (AvgIpc) is 3.26. The van der Waals surface area contributed by atoms with Crippen molar-refractivity contribution in [2.45, 2.75) is 125 Å². The van der Waals surface area contributed by atoms with Crippen LogP contribution in [0.4, 0.5) is 0 Å². The SMILES string of the molecule is C=C(C)CCC1(C)CCC2C(CC3C4CCC5C(C)(C)CCCC56CC46CCC23C)C1. The summed E-state index contributed by atoms with van der Waals surface area (Å²) in [5, 5.41) is 0. The van der Waals surface area contributed by atoms with Crippen LogP contribution in [0.15, 0.2) is 12.2 Å². The fourth-order valence-corrected chi connectivity index (χ4v) is 12.0. The van der Waals surface area contributed by atoms with E-state index in [-0.39, 0.29) is 0 Å². The molecule has 0 amide bonds. The second-order valence-corrected chi connectivity index (χ2v) is 15.3. The molecule has 9 atom stereocenters. The summed E-state index contributed by atoms with van der Waals surface area (Å²) in [6.07, 6.45) is 21.4. The van der Waals surface area contributed by atoms with Gasteiger partial charge in [0.15, 0.2) is 0 Å². The third-order valence-corrected chi connectivity index (χ3v) is 13.4. The van der Waals surface area contributed by atoms with Gasteiger partial charge in [-0.3, -0.25) is 0 Å². The maximum absolute atomic E-state index is 4.21. The predicted octanol–water partition coefficient (Wildman–Crippen LogP) is 9.20. The molecule has 0 N–H and O–H groups in total. The first-order chi connectivity index (χ1) is 14.6. The van der Waals surface area contributed by atoms with Crippen LogP contribution in [-0.4, -0.2) is 0 Å². The highest BCUT2D eigenvalue weighted by molar-refractivity contribution is 5.28. The van der Waals surface area contributed by atoms with E-state index in [9.17, 15) is 0 Å². The van der Waals surface area contributed by atoms with Gasteiger partial charge in [-0.05, 0) is 147 Å². The van der Waals surface area contributed by atoms with Crippen LogP contribution in [0.25, 0.3) is 0 Å². The smallest absolute Gasteiger partial charge is 0.0199 e. The molecule has 0 aliphatic heterocycles. The molecule has 0 aromatic heterocycles. The Balaban J connectivity index is 1.25. The molecular weight excluding hydrogens is 372 g/mol. The maximum Gasteiger partial charge on any atom is -0.0199 e. The summed E-state index contributed by atoms with van der Waals surface area (Å²) in [6, 6.07) is 0. The Morgan fingerprint density at radius 2 is 1.65 bits per heavy atom. The summed E-state index contributed by atoms with van der Waals surface area (Å²) < 4.78 is 0. The number of fused-ring (bicyclic) bond motifs is 4. The van der Waals surface area contributed by atoms with Crippen molar-refractivity contribution in [3.05, 3.63) is 12.2 Å². The normalized spacial score (nSPS) is 56.5. The first-order valence-corrected chi connectivity index (χ1v) is 14.2. The quantitative estimate of drug-likeness (QED) is 0.398. The Morgan fingerprint density at radius 1 is 0.839 bits per heavy atom.